The van der Waals surface area contributed by atoms with Crippen molar-refractivity contribution in [3.05, 3.63) is 76.3 Å². The molecule has 0 amide bonds. The van der Waals surface area contributed by atoms with Crippen molar-refractivity contribution in [3.8, 4) is 5.75 Å². The van der Waals surface area contributed by atoms with Crippen LogP contribution in [-0.2, 0) is 22.7 Å². The highest BCUT2D eigenvalue weighted by atomic mass is 79.9. The van der Waals surface area contributed by atoms with Crippen molar-refractivity contribution in [1.82, 2.24) is 9.80 Å². The van der Waals surface area contributed by atoms with Gasteiger partial charge in [-0.25, -0.2) is 9.59 Å². The van der Waals surface area contributed by atoms with Crippen LogP contribution in [0.1, 0.15) is 11.1 Å². The maximum Gasteiger partial charge on any atom is 0.414 e. The van der Waals surface area contributed by atoms with Gasteiger partial charge >= 0.3 is 11.9 Å². The van der Waals surface area contributed by atoms with Crippen LogP contribution in [0.2, 0.25) is 0 Å². The molecule has 2 N–H and O–H groups in total. The van der Waals surface area contributed by atoms with Gasteiger partial charge in [0.2, 0.25) is 0 Å². The molecule has 1 fully saturated rings. The number of carboxylic acids is 2. The second-order valence-corrected chi connectivity index (χ2v) is 8.62. The highest BCUT2D eigenvalue weighted by Gasteiger charge is 2.18. The Bertz CT molecular complexity index is 1100. The summed E-state index contributed by atoms with van der Waals surface area (Å²) in [5, 5.41) is 17.5. The zero-order valence-corrected chi connectivity index (χ0v) is 20.0. The Kier molecular flexibility index (Phi) is 8.82. The Morgan fingerprint density at radius 3 is 2.09 bits per heavy atom. The van der Waals surface area contributed by atoms with Crippen LogP contribution in [0.3, 0.4) is 0 Å². The minimum Gasteiger partial charge on any atom is -0.496 e. The van der Waals surface area contributed by atoms with Crippen LogP contribution in [0.25, 0.3) is 10.8 Å². The van der Waals surface area contributed by atoms with Crippen LogP contribution in [-0.4, -0.2) is 65.2 Å². The highest BCUT2D eigenvalue weighted by molar-refractivity contribution is 9.10. The second-order valence-electron chi connectivity index (χ2n) is 7.77. The lowest BCUT2D eigenvalue weighted by atomic mass is 10.0. The summed E-state index contributed by atoms with van der Waals surface area (Å²) in [5.41, 5.74) is 2.76. The van der Waals surface area contributed by atoms with Crippen LogP contribution in [0.5, 0.6) is 5.75 Å². The number of rotatable bonds is 5. The largest absolute Gasteiger partial charge is 0.496 e. The Labute approximate surface area is 201 Å². The maximum absolute atomic E-state index is 9.10. The number of nitrogens with zero attached hydrogens (tertiary/aromatic N) is 2. The molecule has 8 heteroatoms. The monoisotopic (exact) mass is 514 g/mol. The number of methoxy groups -OCH3 is 1. The van der Waals surface area contributed by atoms with Crippen molar-refractivity contribution in [2.45, 2.75) is 13.1 Å². The molecule has 0 saturated carbocycles. The summed E-state index contributed by atoms with van der Waals surface area (Å²) in [6.45, 7) is 6.46. The SMILES string of the molecule is COc1ccc(CN2CCN(Cc3cccc4ccccc34)CC2)cc1Br.O=C(O)C(=O)O. The molecule has 174 valence electrons. The molecule has 1 aliphatic rings. The Morgan fingerprint density at radius 1 is 0.879 bits per heavy atom. The molecule has 0 atom stereocenters. The molecule has 3 aromatic rings. The molecule has 1 saturated heterocycles. The zero-order chi connectivity index (χ0) is 23.8. The fraction of sp³-hybridized carbons (Fsp3) is 0.280. The van der Waals surface area contributed by atoms with Crippen LogP contribution in [0.15, 0.2) is 65.1 Å². The van der Waals surface area contributed by atoms with E-state index in [4.69, 9.17) is 24.5 Å². The standard InChI is InChI=1S/C23H25BrN2O.C2H2O4/c1-27-23-10-9-18(15-22(23)24)16-25-11-13-26(14-12-25)17-20-7-4-6-19-5-2-3-8-21(19)20;3-1(4)2(5)6/h2-10,15H,11-14,16-17H2,1H3;(H,3,4)(H,5,6). The van der Waals surface area contributed by atoms with E-state index in [9.17, 15) is 0 Å². The smallest absolute Gasteiger partial charge is 0.414 e. The van der Waals surface area contributed by atoms with Crippen LogP contribution in [0, 0.1) is 0 Å². The maximum atomic E-state index is 9.10. The average molecular weight is 515 g/mol. The molecule has 3 aromatic carbocycles. The number of ether oxygens (including phenoxy) is 1. The van der Waals surface area contributed by atoms with Gasteiger partial charge in [0, 0.05) is 39.3 Å². The summed E-state index contributed by atoms with van der Waals surface area (Å²) in [7, 11) is 1.70. The number of benzene rings is 3. The molecule has 0 unspecified atom stereocenters. The van der Waals surface area contributed by atoms with E-state index in [0.717, 1.165) is 49.5 Å². The highest BCUT2D eigenvalue weighted by Crippen LogP contribution is 2.26. The summed E-state index contributed by atoms with van der Waals surface area (Å²) in [6, 6.07) is 21.7. The van der Waals surface area contributed by atoms with Gasteiger partial charge in [-0.3, -0.25) is 9.80 Å². The molecule has 0 radical (unpaired) electrons. The van der Waals surface area contributed by atoms with Crippen molar-refractivity contribution >= 4 is 38.6 Å². The predicted octanol–water partition coefficient (Wildman–Crippen LogP) is 4.08. The minimum absolute atomic E-state index is 0.888. The Morgan fingerprint density at radius 2 is 1.48 bits per heavy atom. The first-order chi connectivity index (χ1) is 15.9. The number of halogens is 1. The van der Waals surface area contributed by atoms with Gasteiger partial charge in [-0.2, -0.15) is 0 Å². The van der Waals surface area contributed by atoms with Gasteiger partial charge in [0.05, 0.1) is 11.6 Å². The fourth-order valence-electron chi connectivity index (χ4n) is 3.84. The van der Waals surface area contributed by atoms with E-state index in [2.05, 4.69) is 80.3 Å². The summed E-state index contributed by atoms with van der Waals surface area (Å²) in [4.78, 5) is 23.3. The molecule has 0 bridgehead atoms. The fourth-order valence-corrected chi connectivity index (χ4v) is 4.43. The quantitative estimate of drug-likeness (QED) is 0.495. The van der Waals surface area contributed by atoms with Crippen molar-refractivity contribution in [3.63, 3.8) is 0 Å². The first-order valence-corrected chi connectivity index (χ1v) is 11.4. The molecule has 4 rings (SSSR count). The van der Waals surface area contributed by atoms with Gasteiger partial charge in [0.15, 0.2) is 0 Å². The normalized spacial score (nSPS) is 14.4. The van der Waals surface area contributed by atoms with Gasteiger partial charge in [0.1, 0.15) is 5.75 Å². The number of aliphatic carboxylic acids is 2. The average Bonchev–Trinajstić information content (AvgIpc) is 2.81. The van der Waals surface area contributed by atoms with Crippen LogP contribution in [0.4, 0.5) is 0 Å². The number of carboxylic acid groups (broad SMARTS) is 2. The van der Waals surface area contributed by atoms with E-state index in [1.54, 1.807) is 7.11 Å². The first kappa shape index (κ1) is 24.7. The molecule has 0 aliphatic carbocycles. The Balaban J connectivity index is 0.000000454. The molecule has 0 spiro atoms. The second kappa shape index (κ2) is 11.8. The molecular weight excluding hydrogens is 488 g/mol. The summed E-state index contributed by atoms with van der Waals surface area (Å²) >= 11 is 3.59. The van der Waals surface area contributed by atoms with E-state index < -0.39 is 11.9 Å². The van der Waals surface area contributed by atoms with Crippen LogP contribution < -0.4 is 4.74 Å². The molecule has 33 heavy (non-hydrogen) atoms. The third-order valence-electron chi connectivity index (χ3n) is 5.54. The molecule has 7 nitrogen and oxygen atoms in total. The number of hydrogen-bond acceptors (Lipinski definition) is 5. The number of hydrogen-bond donors (Lipinski definition) is 2. The lowest BCUT2D eigenvalue weighted by Crippen LogP contribution is -2.45. The zero-order valence-electron chi connectivity index (χ0n) is 18.4. The van der Waals surface area contributed by atoms with E-state index in [-0.39, 0.29) is 0 Å². The van der Waals surface area contributed by atoms with Crippen LogP contribution >= 0.6 is 15.9 Å². The van der Waals surface area contributed by atoms with Gasteiger partial charge in [0.25, 0.3) is 0 Å². The summed E-state index contributed by atoms with van der Waals surface area (Å²) < 4.78 is 6.35. The van der Waals surface area contributed by atoms with E-state index in [0.29, 0.717) is 0 Å². The van der Waals surface area contributed by atoms with Crippen molar-refractivity contribution in [1.29, 1.82) is 0 Å². The number of fused-ring (bicyclic) bond motifs is 1. The summed E-state index contributed by atoms with van der Waals surface area (Å²) in [5.74, 6) is -2.76. The topological polar surface area (TPSA) is 90.3 Å². The lowest BCUT2D eigenvalue weighted by molar-refractivity contribution is -0.159. The number of piperazine rings is 1. The molecular formula is C25H27BrN2O5. The minimum atomic E-state index is -1.82. The first-order valence-electron chi connectivity index (χ1n) is 10.6. The van der Waals surface area contributed by atoms with E-state index in [1.165, 1.54) is 21.9 Å². The van der Waals surface area contributed by atoms with Crippen molar-refractivity contribution < 1.29 is 24.5 Å². The molecule has 1 heterocycles. The van der Waals surface area contributed by atoms with Gasteiger partial charge < -0.3 is 14.9 Å². The van der Waals surface area contributed by atoms with Gasteiger partial charge in [-0.1, -0.05) is 48.5 Å². The van der Waals surface area contributed by atoms with E-state index >= 15 is 0 Å². The predicted molar refractivity (Wildman–Crippen MR) is 130 cm³/mol. The summed E-state index contributed by atoms with van der Waals surface area (Å²) in [6.07, 6.45) is 0. The van der Waals surface area contributed by atoms with Gasteiger partial charge in [-0.15, -0.1) is 0 Å². The third kappa shape index (κ3) is 7.02. The Hall–Kier alpha value is -2.94. The lowest BCUT2D eigenvalue weighted by Gasteiger charge is -2.35. The number of carbonyl (C=O) groups is 2. The van der Waals surface area contributed by atoms with Crippen molar-refractivity contribution in [2.75, 3.05) is 33.3 Å². The molecule has 0 aromatic heterocycles. The third-order valence-corrected chi connectivity index (χ3v) is 6.16. The van der Waals surface area contributed by atoms with Crippen molar-refractivity contribution in [2.24, 2.45) is 0 Å². The van der Waals surface area contributed by atoms with E-state index in [1.807, 2.05) is 6.07 Å². The van der Waals surface area contributed by atoms with Gasteiger partial charge in [-0.05, 0) is 50.0 Å². The molecule has 1 aliphatic heterocycles.